The molecule has 5 nitrogen and oxygen atoms in total. The van der Waals surface area contributed by atoms with Crippen LogP contribution in [0.25, 0.3) is 11.6 Å². The zero-order chi connectivity index (χ0) is 21.5. The number of anilines is 1. The number of nitrogens with zero attached hydrogens (tertiary/aromatic N) is 1. The first kappa shape index (κ1) is 21.1. The van der Waals surface area contributed by atoms with E-state index in [9.17, 15) is 14.0 Å². The van der Waals surface area contributed by atoms with Gasteiger partial charge in [-0.2, -0.15) is 0 Å². The third-order valence-electron chi connectivity index (χ3n) is 4.07. The third-order valence-corrected chi connectivity index (χ3v) is 4.60. The first-order chi connectivity index (χ1) is 13.5. The van der Waals surface area contributed by atoms with Gasteiger partial charge in [-0.3, -0.25) is 4.79 Å². The Morgan fingerprint density at radius 3 is 2.48 bits per heavy atom. The second-order valence-corrected chi connectivity index (χ2v) is 8.19. The van der Waals surface area contributed by atoms with Crippen molar-refractivity contribution in [2.24, 2.45) is 0 Å². The van der Waals surface area contributed by atoms with E-state index in [1.54, 1.807) is 32.9 Å². The Hall–Kier alpha value is -2.57. The Kier molecular flexibility index (Phi) is 5.61. The van der Waals surface area contributed by atoms with Gasteiger partial charge in [-0.25, -0.2) is 14.1 Å². The van der Waals surface area contributed by atoms with Crippen LogP contribution >= 0.6 is 23.2 Å². The second-order valence-electron chi connectivity index (χ2n) is 7.35. The average Bonchev–Trinajstić information content (AvgIpc) is 2.87. The van der Waals surface area contributed by atoms with Crippen molar-refractivity contribution in [1.29, 1.82) is 0 Å². The summed E-state index contributed by atoms with van der Waals surface area (Å²) in [6.07, 6.45) is 0.669. The number of halogens is 3. The van der Waals surface area contributed by atoms with Crippen LogP contribution in [0, 0.1) is 5.82 Å². The summed E-state index contributed by atoms with van der Waals surface area (Å²) in [5.41, 5.74) is 0.566. The van der Waals surface area contributed by atoms with Crippen molar-refractivity contribution in [1.82, 2.24) is 0 Å². The normalized spacial score (nSPS) is 14.9. The number of benzene rings is 2. The summed E-state index contributed by atoms with van der Waals surface area (Å²) in [5, 5.41) is 0.234. The summed E-state index contributed by atoms with van der Waals surface area (Å²) in [7, 11) is 1.38. The molecule has 0 saturated carbocycles. The molecule has 0 saturated heterocycles. The van der Waals surface area contributed by atoms with E-state index >= 15 is 0 Å². The lowest BCUT2D eigenvalue weighted by Crippen LogP contribution is -2.38. The fourth-order valence-electron chi connectivity index (χ4n) is 2.88. The molecule has 152 valence electrons. The number of amides is 2. The monoisotopic (exact) mass is 437 g/mol. The lowest BCUT2D eigenvalue weighted by Gasteiger charge is -2.23. The van der Waals surface area contributed by atoms with E-state index in [4.69, 9.17) is 32.7 Å². The Balaban J connectivity index is 2.15. The van der Waals surface area contributed by atoms with Crippen molar-refractivity contribution in [2.45, 2.75) is 26.4 Å². The minimum atomic E-state index is -0.821. The number of carbonyl (C=O) groups is 2. The predicted molar refractivity (Wildman–Crippen MR) is 111 cm³/mol. The van der Waals surface area contributed by atoms with Crippen LogP contribution < -0.4 is 9.64 Å². The van der Waals surface area contributed by atoms with E-state index in [1.165, 1.54) is 25.3 Å². The summed E-state index contributed by atoms with van der Waals surface area (Å²) >= 11 is 12.0. The van der Waals surface area contributed by atoms with E-state index in [-0.39, 0.29) is 16.3 Å². The summed E-state index contributed by atoms with van der Waals surface area (Å²) in [4.78, 5) is 26.7. The summed E-state index contributed by atoms with van der Waals surface area (Å²) in [6, 6.07) is 7.22. The molecule has 0 fully saturated rings. The largest absolute Gasteiger partial charge is 0.496 e. The number of carbonyl (C=O) groups excluding carboxylic acids is 2. The van der Waals surface area contributed by atoms with Crippen molar-refractivity contribution in [3.63, 3.8) is 0 Å². The molecule has 0 bridgehead atoms. The van der Waals surface area contributed by atoms with Crippen LogP contribution in [-0.2, 0) is 9.53 Å². The maximum atomic E-state index is 13.8. The molecule has 1 heterocycles. The second kappa shape index (κ2) is 7.69. The maximum Gasteiger partial charge on any atom is 0.422 e. The number of ether oxygens (including phenoxy) is 2. The fourth-order valence-corrected chi connectivity index (χ4v) is 3.22. The average molecular weight is 438 g/mol. The smallest absolute Gasteiger partial charge is 0.422 e. The van der Waals surface area contributed by atoms with Crippen LogP contribution in [0.1, 0.15) is 31.9 Å². The van der Waals surface area contributed by atoms with Gasteiger partial charge in [0.1, 0.15) is 17.2 Å². The lowest BCUT2D eigenvalue weighted by molar-refractivity contribution is -0.112. The number of hydrogen-bond donors (Lipinski definition) is 0. The molecule has 0 atom stereocenters. The Labute approximate surface area is 177 Å². The molecule has 2 aromatic rings. The molecule has 1 aliphatic heterocycles. The predicted octanol–water partition coefficient (Wildman–Crippen LogP) is 5.96. The molecular weight excluding hydrogens is 420 g/mol. The van der Waals surface area contributed by atoms with Crippen molar-refractivity contribution >= 4 is 52.5 Å². The Morgan fingerprint density at radius 2 is 1.86 bits per heavy atom. The van der Waals surface area contributed by atoms with Gasteiger partial charge in [-0.05, 0) is 45.0 Å². The number of imide groups is 1. The van der Waals surface area contributed by atoms with Crippen molar-refractivity contribution < 1.29 is 23.5 Å². The zero-order valence-electron chi connectivity index (χ0n) is 16.2. The molecule has 0 radical (unpaired) electrons. The SMILES string of the molecule is COc1cc(F)c(Cl)cc1C=C1C(=O)N(C(=O)OC(C)(C)C)c2cc(Cl)ccc21. The minimum Gasteiger partial charge on any atom is -0.496 e. The number of hydrogen-bond acceptors (Lipinski definition) is 4. The highest BCUT2D eigenvalue weighted by Gasteiger charge is 2.39. The minimum absolute atomic E-state index is 0.122. The molecule has 0 aliphatic carbocycles. The first-order valence-electron chi connectivity index (χ1n) is 8.64. The Morgan fingerprint density at radius 1 is 1.17 bits per heavy atom. The molecule has 3 rings (SSSR count). The molecule has 0 N–H and O–H groups in total. The van der Waals surface area contributed by atoms with Crippen molar-refractivity contribution in [3.8, 4) is 5.75 Å². The van der Waals surface area contributed by atoms with Crippen LogP contribution in [0.2, 0.25) is 10.0 Å². The van der Waals surface area contributed by atoms with Gasteiger partial charge in [0.2, 0.25) is 0 Å². The van der Waals surface area contributed by atoms with E-state index in [0.29, 0.717) is 21.8 Å². The molecule has 0 spiro atoms. The van der Waals surface area contributed by atoms with E-state index in [2.05, 4.69) is 0 Å². The highest BCUT2D eigenvalue weighted by Crippen LogP contribution is 2.41. The van der Waals surface area contributed by atoms with Gasteiger partial charge in [-0.15, -0.1) is 0 Å². The van der Waals surface area contributed by atoms with Crippen molar-refractivity contribution in [3.05, 3.63) is 57.3 Å². The highest BCUT2D eigenvalue weighted by molar-refractivity contribution is 6.42. The van der Waals surface area contributed by atoms with Gasteiger partial charge >= 0.3 is 6.09 Å². The van der Waals surface area contributed by atoms with Gasteiger partial charge in [0.05, 0.1) is 23.4 Å². The van der Waals surface area contributed by atoms with Gasteiger partial charge in [0.15, 0.2) is 0 Å². The first-order valence-corrected chi connectivity index (χ1v) is 9.39. The van der Waals surface area contributed by atoms with Gasteiger partial charge < -0.3 is 9.47 Å². The molecule has 8 heteroatoms. The lowest BCUT2D eigenvalue weighted by atomic mass is 10.0. The van der Waals surface area contributed by atoms with Gasteiger partial charge in [0, 0.05) is 22.2 Å². The topological polar surface area (TPSA) is 55.8 Å². The zero-order valence-corrected chi connectivity index (χ0v) is 17.7. The molecular formula is C21H18Cl2FNO4. The van der Waals surface area contributed by atoms with Gasteiger partial charge in [-0.1, -0.05) is 29.3 Å². The van der Waals surface area contributed by atoms with E-state index in [1.807, 2.05) is 0 Å². The van der Waals surface area contributed by atoms with Crippen molar-refractivity contribution in [2.75, 3.05) is 12.0 Å². The molecule has 0 aromatic heterocycles. The standard InChI is InChI=1S/C21H18Cl2FNO4/c1-21(2,3)29-20(27)25-17-9-12(22)5-6-13(17)14(19(25)26)7-11-8-15(23)16(24)10-18(11)28-4/h5-10H,1-4H3. The maximum absolute atomic E-state index is 13.8. The highest BCUT2D eigenvalue weighted by atomic mass is 35.5. The summed E-state index contributed by atoms with van der Waals surface area (Å²) in [6.45, 7) is 5.10. The quantitative estimate of drug-likeness (QED) is 0.543. The Bertz CT molecular complexity index is 1040. The summed E-state index contributed by atoms with van der Waals surface area (Å²) < 4.78 is 24.3. The molecule has 2 aromatic carbocycles. The van der Waals surface area contributed by atoms with Crippen LogP contribution in [0.3, 0.4) is 0 Å². The number of fused-ring (bicyclic) bond motifs is 1. The van der Waals surface area contributed by atoms with Gasteiger partial charge in [0.25, 0.3) is 5.91 Å². The van der Waals surface area contributed by atoms with Crippen LogP contribution in [0.5, 0.6) is 5.75 Å². The van der Waals surface area contributed by atoms with E-state index in [0.717, 1.165) is 11.0 Å². The van der Waals surface area contributed by atoms with E-state index < -0.39 is 23.4 Å². The number of rotatable bonds is 2. The molecule has 2 amide bonds. The fraction of sp³-hybridized carbons (Fsp3) is 0.238. The summed E-state index contributed by atoms with van der Waals surface area (Å²) in [5.74, 6) is -1.05. The number of methoxy groups -OCH3 is 1. The molecule has 0 unspecified atom stereocenters. The third kappa shape index (κ3) is 4.23. The van der Waals surface area contributed by atoms with Crippen LogP contribution in [0.4, 0.5) is 14.9 Å². The molecule has 1 aliphatic rings. The van der Waals surface area contributed by atoms with Crippen LogP contribution in [-0.4, -0.2) is 24.7 Å². The molecule has 29 heavy (non-hydrogen) atoms. The van der Waals surface area contributed by atoms with Crippen LogP contribution in [0.15, 0.2) is 30.3 Å².